The molecule has 3 atom stereocenters. The molecule has 3 N–H and O–H groups in total. The van der Waals surface area contributed by atoms with E-state index in [0.29, 0.717) is 37.8 Å². The number of rotatable bonds is 13. The molecule has 2 fully saturated rings. The summed E-state index contributed by atoms with van der Waals surface area (Å²) in [5, 5.41) is 21.2. The number of nitrogens with zero attached hydrogens (tertiary/aromatic N) is 4. The molecule has 5 rings (SSSR count). The van der Waals surface area contributed by atoms with Crippen LogP contribution in [0.1, 0.15) is 67.6 Å². The van der Waals surface area contributed by atoms with Crippen molar-refractivity contribution >= 4 is 23.5 Å². The fourth-order valence-corrected chi connectivity index (χ4v) is 5.63. The Morgan fingerprint density at radius 1 is 0.886 bits per heavy atom. The summed E-state index contributed by atoms with van der Waals surface area (Å²) in [6.07, 6.45) is 5.67. The third-order valence-corrected chi connectivity index (χ3v) is 8.02. The summed E-state index contributed by atoms with van der Waals surface area (Å²) in [4.78, 5) is 36.6. The number of carboxylic acids is 1. The van der Waals surface area contributed by atoms with Crippen molar-refractivity contribution in [3.8, 4) is 0 Å². The molecule has 2 saturated heterocycles. The Labute approximate surface area is 257 Å². The second-order valence-corrected chi connectivity index (χ2v) is 11.3. The standard InChI is InChI=1S/C33H41N5O6/c39-23-24-10-12-25(13-11-24)29-21-28(22-37-16-18-38(19-17-37)33-34-14-5-15-35-33)43-32(44-29)26-6-4-7-27(20-26)36-30(40)8-2-1-3-9-31(41)42/h4-7,10-15,20,28-29,32,39H,1-3,8-9,16-19,21-23H2,(H,36,40)(H,41,42)/t28-,29+,32+/m1/s1. The van der Waals surface area contributed by atoms with Gasteiger partial charge in [0, 0.05) is 75.6 Å². The molecular formula is C33H41N5O6. The summed E-state index contributed by atoms with van der Waals surface area (Å²) < 4.78 is 13.1. The van der Waals surface area contributed by atoms with Gasteiger partial charge in [-0.15, -0.1) is 0 Å². The van der Waals surface area contributed by atoms with E-state index in [-0.39, 0.29) is 31.1 Å². The molecule has 0 aliphatic carbocycles. The largest absolute Gasteiger partial charge is 0.481 e. The molecule has 2 aromatic carbocycles. The highest BCUT2D eigenvalue weighted by molar-refractivity contribution is 5.90. The number of amides is 1. The molecule has 0 unspecified atom stereocenters. The molecule has 0 bridgehead atoms. The van der Waals surface area contributed by atoms with Crippen molar-refractivity contribution in [2.45, 2.75) is 63.6 Å². The lowest BCUT2D eigenvalue weighted by molar-refractivity contribution is -0.253. The molecule has 11 nitrogen and oxygen atoms in total. The number of ether oxygens (including phenoxy) is 2. The molecule has 0 saturated carbocycles. The average molecular weight is 604 g/mol. The molecular weight excluding hydrogens is 562 g/mol. The van der Waals surface area contributed by atoms with Crippen molar-refractivity contribution in [2.24, 2.45) is 0 Å². The van der Waals surface area contributed by atoms with Crippen molar-refractivity contribution in [1.82, 2.24) is 14.9 Å². The van der Waals surface area contributed by atoms with Crippen LogP contribution < -0.4 is 10.2 Å². The minimum absolute atomic E-state index is 0.0129. The maximum atomic E-state index is 12.5. The number of piperazine rings is 1. The van der Waals surface area contributed by atoms with E-state index in [0.717, 1.165) is 55.4 Å². The fraction of sp³-hybridized carbons (Fsp3) is 0.455. The smallest absolute Gasteiger partial charge is 0.303 e. The summed E-state index contributed by atoms with van der Waals surface area (Å²) in [5.41, 5.74) is 3.35. The van der Waals surface area contributed by atoms with Gasteiger partial charge in [0.15, 0.2) is 6.29 Å². The van der Waals surface area contributed by atoms with Gasteiger partial charge in [0.1, 0.15) is 0 Å². The Morgan fingerprint density at radius 3 is 2.36 bits per heavy atom. The van der Waals surface area contributed by atoms with E-state index in [9.17, 15) is 14.7 Å². The van der Waals surface area contributed by atoms with Crippen LogP contribution in [0.15, 0.2) is 67.0 Å². The zero-order valence-electron chi connectivity index (χ0n) is 24.9. The Bertz CT molecular complexity index is 1350. The first-order valence-corrected chi connectivity index (χ1v) is 15.3. The molecule has 3 aromatic rings. The summed E-state index contributed by atoms with van der Waals surface area (Å²) in [7, 11) is 0. The lowest BCUT2D eigenvalue weighted by Crippen LogP contribution is -2.50. The van der Waals surface area contributed by atoms with E-state index in [1.165, 1.54) is 0 Å². The number of hydrogen-bond donors (Lipinski definition) is 3. The maximum Gasteiger partial charge on any atom is 0.303 e. The van der Waals surface area contributed by atoms with Gasteiger partial charge in [-0.05, 0) is 42.2 Å². The number of aromatic nitrogens is 2. The summed E-state index contributed by atoms with van der Waals surface area (Å²) in [6, 6.07) is 17.2. The van der Waals surface area contributed by atoms with Crippen molar-refractivity contribution < 1.29 is 29.3 Å². The number of carbonyl (C=O) groups is 2. The van der Waals surface area contributed by atoms with Gasteiger partial charge < -0.3 is 29.9 Å². The van der Waals surface area contributed by atoms with Crippen molar-refractivity contribution in [2.75, 3.05) is 42.9 Å². The van der Waals surface area contributed by atoms with Gasteiger partial charge in [-0.25, -0.2) is 9.97 Å². The van der Waals surface area contributed by atoms with E-state index in [4.69, 9.17) is 14.6 Å². The molecule has 234 valence electrons. The summed E-state index contributed by atoms with van der Waals surface area (Å²) in [6.45, 7) is 4.16. The average Bonchev–Trinajstić information content (AvgIpc) is 3.05. The number of aliphatic carboxylic acids is 1. The molecule has 2 aliphatic rings. The zero-order valence-corrected chi connectivity index (χ0v) is 24.9. The van der Waals surface area contributed by atoms with E-state index in [2.05, 4.69) is 25.1 Å². The van der Waals surface area contributed by atoms with Crippen molar-refractivity contribution in [3.05, 3.63) is 83.7 Å². The van der Waals surface area contributed by atoms with Gasteiger partial charge in [0.25, 0.3) is 0 Å². The normalized spacial score (nSPS) is 20.8. The number of hydrogen-bond acceptors (Lipinski definition) is 9. The van der Waals surface area contributed by atoms with Crippen LogP contribution in [0.4, 0.5) is 11.6 Å². The Balaban J connectivity index is 1.23. The SMILES string of the molecule is O=C(O)CCCCCC(=O)Nc1cccc([C@H]2O[C@@H](CN3CCN(c4ncccn4)CC3)C[C@@H](c3ccc(CO)cc3)O2)c1. The van der Waals surface area contributed by atoms with Crippen LogP contribution in [-0.4, -0.2) is 75.8 Å². The van der Waals surface area contributed by atoms with Crippen molar-refractivity contribution in [3.63, 3.8) is 0 Å². The third-order valence-electron chi connectivity index (χ3n) is 8.02. The summed E-state index contributed by atoms with van der Waals surface area (Å²) in [5.74, 6) is -0.167. The molecule has 44 heavy (non-hydrogen) atoms. The Kier molecular flexibility index (Phi) is 11.3. The monoisotopic (exact) mass is 603 g/mol. The van der Waals surface area contributed by atoms with Crippen LogP contribution >= 0.6 is 0 Å². The topological polar surface area (TPSA) is 137 Å². The van der Waals surface area contributed by atoms with Crippen LogP contribution in [0.5, 0.6) is 0 Å². The molecule has 1 aromatic heterocycles. The number of aliphatic hydroxyl groups is 1. The lowest BCUT2D eigenvalue weighted by Gasteiger charge is -2.40. The zero-order chi connectivity index (χ0) is 30.7. The van der Waals surface area contributed by atoms with Gasteiger partial charge in [-0.3, -0.25) is 14.5 Å². The van der Waals surface area contributed by atoms with Crippen LogP contribution in [0.3, 0.4) is 0 Å². The number of benzene rings is 2. The third kappa shape index (κ3) is 9.06. The van der Waals surface area contributed by atoms with Crippen LogP contribution in [0.2, 0.25) is 0 Å². The number of nitrogens with one attached hydrogen (secondary N) is 1. The second kappa shape index (κ2) is 15.7. The molecule has 2 aliphatic heterocycles. The van der Waals surface area contributed by atoms with Crippen LogP contribution in [-0.2, 0) is 25.7 Å². The summed E-state index contributed by atoms with van der Waals surface area (Å²) >= 11 is 0. The Morgan fingerprint density at radius 2 is 1.64 bits per heavy atom. The maximum absolute atomic E-state index is 12.5. The van der Waals surface area contributed by atoms with E-state index < -0.39 is 12.3 Å². The minimum atomic E-state index is -0.814. The van der Waals surface area contributed by atoms with Gasteiger partial charge in [-0.1, -0.05) is 42.8 Å². The highest BCUT2D eigenvalue weighted by atomic mass is 16.7. The molecule has 0 radical (unpaired) electrons. The first-order valence-electron chi connectivity index (χ1n) is 15.3. The van der Waals surface area contributed by atoms with Gasteiger partial charge >= 0.3 is 5.97 Å². The number of unbranched alkanes of at least 4 members (excludes halogenated alkanes) is 2. The van der Waals surface area contributed by atoms with Crippen LogP contribution in [0, 0.1) is 0 Å². The van der Waals surface area contributed by atoms with E-state index in [1.807, 2.05) is 54.6 Å². The number of anilines is 2. The number of aliphatic hydroxyl groups excluding tert-OH is 1. The molecule has 1 amide bonds. The Hall–Kier alpha value is -3.90. The highest BCUT2D eigenvalue weighted by Gasteiger charge is 2.34. The van der Waals surface area contributed by atoms with E-state index >= 15 is 0 Å². The first kappa shape index (κ1) is 31.5. The molecule has 11 heteroatoms. The molecule has 3 heterocycles. The van der Waals surface area contributed by atoms with Gasteiger partial charge in [0.05, 0.1) is 18.8 Å². The van der Waals surface area contributed by atoms with E-state index in [1.54, 1.807) is 12.4 Å². The van der Waals surface area contributed by atoms with Crippen molar-refractivity contribution in [1.29, 1.82) is 0 Å². The van der Waals surface area contributed by atoms with Gasteiger partial charge in [-0.2, -0.15) is 0 Å². The number of carboxylic acid groups (broad SMARTS) is 1. The predicted molar refractivity (Wildman–Crippen MR) is 165 cm³/mol. The quantitative estimate of drug-likeness (QED) is 0.242. The van der Waals surface area contributed by atoms with Crippen LogP contribution in [0.25, 0.3) is 0 Å². The molecule has 0 spiro atoms. The predicted octanol–water partition coefficient (Wildman–Crippen LogP) is 4.31. The fourth-order valence-electron chi connectivity index (χ4n) is 5.63. The highest BCUT2D eigenvalue weighted by Crippen LogP contribution is 2.38. The lowest BCUT2D eigenvalue weighted by atomic mass is 9.99. The first-order chi connectivity index (χ1) is 21.5. The minimum Gasteiger partial charge on any atom is -0.481 e. The van der Waals surface area contributed by atoms with Gasteiger partial charge in [0.2, 0.25) is 11.9 Å². The second-order valence-electron chi connectivity index (χ2n) is 11.3. The number of carbonyl (C=O) groups excluding carboxylic acids is 1.